The Morgan fingerprint density at radius 3 is 2.31 bits per heavy atom. The molecule has 0 saturated heterocycles. The molecule has 1 aliphatic carbocycles. The third-order valence-electron chi connectivity index (χ3n) is 1.38. The summed E-state index contributed by atoms with van der Waals surface area (Å²) in [5, 5.41) is -0.0348. The number of hydrogen-bond donors (Lipinski definition) is 1. The Hall–Kier alpha value is 0.120. The molecule has 0 amide bonds. The quantitative estimate of drug-likeness (QED) is 0.605. The second-order valence-electron chi connectivity index (χ2n) is 2.24. The molecule has 0 aromatic rings. The summed E-state index contributed by atoms with van der Waals surface area (Å²) in [4.78, 5) is -0.266. The molecule has 8 heteroatoms. The number of rotatable bonds is 2. The Labute approximate surface area is 86.9 Å². The Morgan fingerprint density at radius 2 is 2.08 bits per heavy atom. The largest absolute Gasteiger partial charge is 0.302 e. The number of hydrogen-bond acceptors (Lipinski definition) is 3. The van der Waals surface area contributed by atoms with Gasteiger partial charge in [-0.15, -0.1) is 0 Å². The van der Waals surface area contributed by atoms with Gasteiger partial charge in [-0.25, -0.2) is 12.6 Å². The van der Waals surface area contributed by atoms with E-state index in [1.807, 2.05) is 0 Å². The van der Waals surface area contributed by atoms with Crippen molar-refractivity contribution in [3.63, 3.8) is 0 Å². The first-order chi connectivity index (χ1) is 5.82. The van der Waals surface area contributed by atoms with Crippen LogP contribution in [0.3, 0.4) is 0 Å². The SMILES string of the molecule is O=S(O)C1=CC(S(=O)(=O)Cl)=C(Cl)C1. The molecule has 1 aliphatic rings. The van der Waals surface area contributed by atoms with E-state index in [-0.39, 0.29) is 21.3 Å². The molecule has 0 bridgehead atoms. The Balaban J connectivity index is 3.13. The van der Waals surface area contributed by atoms with Crippen LogP contribution in [0.5, 0.6) is 0 Å². The zero-order valence-corrected chi connectivity index (χ0v) is 9.17. The number of allylic oxidation sites excluding steroid dienone is 3. The Kier molecular flexibility index (Phi) is 3.19. The monoisotopic (exact) mass is 262 g/mol. The predicted octanol–water partition coefficient (Wildman–Crippen LogP) is 1.51. The summed E-state index contributed by atoms with van der Waals surface area (Å²) < 4.78 is 40.8. The highest BCUT2D eigenvalue weighted by Gasteiger charge is 2.25. The first-order valence-corrected chi connectivity index (χ1v) is 6.76. The summed E-state index contributed by atoms with van der Waals surface area (Å²) in [6, 6.07) is 0. The lowest BCUT2D eigenvalue weighted by Crippen LogP contribution is -1.91. The van der Waals surface area contributed by atoms with E-state index < -0.39 is 20.1 Å². The molecular weight excluding hydrogens is 259 g/mol. The predicted molar refractivity (Wildman–Crippen MR) is 51.1 cm³/mol. The van der Waals surface area contributed by atoms with Crippen molar-refractivity contribution in [2.45, 2.75) is 6.42 Å². The molecule has 0 aliphatic heterocycles. The van der Waals surface area contributed by atoms with E-state index in [9.17, 15) is 12.6 Å². The van der Waals surface area contributed by atoms with Gasteiger partial charge in [0, 0.05) is 22.1 Å². The first-order valence-electron chi connectivity index (χ1n) is 2.97. The van der Waals surface area contributed by atoms with Crippen LogP contribution in [0.15, 0.2) is 20.9 Å². The lowest BCUT2D eigenvalue weighted by Gasteiger charge is -1.92. The van der Waals surface area contributed by atoms with Crippen molar-refractivity contribution in [3.05, 3.63) is 20.9 Å². The minimum absolute atomic E-state index is 0.0317. The van der Waals surface area contributed by atoms with Gasteiger partial charge in [0.25, 0.3) is 9.05 Å². The molecule has 74 valence electrons. The fraction of sp³-hybridized carbons (Fsp3) is 0.200. The summed E-state index contributed by atoms with van der Waals surface area (Å²) in [6.07, 6.45) is 0.965. The smallest absolute Gasteiger partial charge is 0.262 e. The van der Waals surface area contributed by atoms with Gasteiger partial charge < -0.3 is 4.55 Å². The van der Waals surface area contributed by atoms with E-state index in [1.54, 1.807) is 0 Å². The van der Waals surface area contributed by atoms with Gasteiger partial charge in [-0.1, -0.05) is 11.6 Å². The molecule has 1 N–H and O–H groups in total. The van der Waals surface area contributed by atoms with Crippen LogP contribution in [0.25, 0.3) is 0 Å². The molecule has 1 atom stereocenters. The van der Waals surface area contributed by atoms with Crippen LogP contribution >= 0.6 is 22.3 Å². The van der Waals surface area contributed by atoms with Gasteiger partial charge in [0.15, 0.2) is 11.1 Å². The fourth-order valence-electron chi connectivity index (χ4n) is 0.830. The van der Waals surface area contributed by atoms with Crippen molar-refractivity contribution in [1.82, 2.24) is 0 Å². The third-order valence-corrected chi connectivity index (χ3v) is 3.92. The van der Waals surface area contributed by atoms with Crippen molar-refractivity contribution < 1.29 is 17.2 Å². The van der Waals surface area contributed by atoms with Crippen molar-refractivity contribution in [3.8, 4) is 0 Å². The minimum Gasteiger partial charge on any atom is -0.302 e. The zero-order valence-electron chi connectivity index (χ0n) is 6.03. The van der Waals surface area contributed by atoms with Gasteiger partial charge in [0.1, 0.15) is 0 Å². The van der Waals surface area contributed by atoms with Crippen molar-refractivity contribution in [1.29, 1.82) is 0 Å². The maximum Gasteiger partial charge on any atom is 0.262 e. The molecule has 0 aromatic heterocycles. The molecule has 1 rings (SSSR count). The van der Waals surface area contributed by atoms with E-state index in [0.717, 1.165) is 6.08 Å². The molecule has 13 heavy (non-hydrogen) atoms. The molecule has 0 spiro atoms. The summed E-state index contributed by atoms with van der Waals surface area (Å²) in [7, 11) is 1.09. The summed E-state index contributed by atoms with van der Waals surface area (Å²) in [5.41, 5.74) is 0. The van der Waals surface area contributed by atoms with Crippen LogP contribution in [-0.4, -0.2) is 17.2 Å². The molecule has 0 fully saturated rings. The van der Waals surface area contributed by atoms with Crippen LogP contribution in [-0.2, 0) is 20.1 Å². The average molecular weight is 263 g/mol. The van der Waals surface area contributed by atoms with Crippen molar-refractivity contribution in [2.75, 3.05) is 0 Å². The summed E-state index contributed by atoms with van der Waals surface area (Å²) in [6.45, 7) is 0. The second kappa shape index (κ2) is 3.70. The van der Waals surface area contributed by atoms with Crippen molar-refractivity contribution in [2.24, 2.45) is 0 Å². The van der Waals surface area contributed by atoms with Gasteiger partial charge in [0.2, 0.25) is 0 Å². The zero-order chi connectivity index (χ0) is 10.2. The normalized spacial score (nSPS) is 20.4. The van der Waals surface area contributed by atoms with Crippen molar-refractivity contribution >= 4 is 42.4 Å². The van der Waals surface area contributed by atoms with Crippen LogP contribution in [0, 0.1) is 0 Å². The van der Waals surface area contributed by atoms with Crippen LogP contribution < -0.4 is 0 Å². The Bertz CT molecular complexity index is 420. The average Bonchev–Trinajstić information content (AvgIpc) is 2.29. The first kappa shape index (κ1) is 11.2. The van der Waals surface area contributed by atoms with E-state index in [2.05, 4.69) is 0 Å². The van der Waals surface area contributed by atoms with Crippen LogP contribution in [0.4, 0.5) is 0 Å². The minimum atomic E-state index is -3.92. The second-order valence-corrected chi connectivity index (χ2v) is 6.26. The standard InChI is InChI=1S/C5H4Cl2O4S2/c6-4-1-3(12(8)9)2-5(4)13(7,10)11/h2H,1H2,(H,8,9). The van der Waals surface area contributed by atoms with E-state index in [0.29, 0.717) is 0 Å². The van der Waals surface area contributed by atoms with E-state index >= 15 is 0 Å². The lowest BCUT2D eigenvalue weighted by molar-refractivity contribution is 0.570. The molecule has 1 unspecified atom stereocenters. The third kappa shape index (κ3) is 2.54. The van der Waals surface area contributed by atoms with Gasteiger partial charge in [0.05, 0.1) is 9.81 Å². The Morgan fingerprint density at radius 1 is 1.54 bits per heavy atom. The maximum absolute atomic E-state index is 10.8. The van der Waals surface area contributed by atoms with Crippen LogP contribution in [0.2, 0.25) is 0 Å². The molecule has 0 aromatic carbocycles. The summed E-state index contributed by atoms with van der Waals surface area (Å²) >= 11 is 3.31. The highest BCUT2D eigenvalue weighted by atomic mass is 35.7. The molecule has 4 nitrogen and oxygen atoms in total. The van der Waals surface area contributed by atoms with Gasteiger partial charge in [-0.05, 0) is 6.08 Å². The van der Waals surface area contributed by atoms with Gasteiger partial charge >= 0.3 is 0 Å². The van der Waals surface area contributed by atoms with Gasteiger partial charge in [-0.3, -0.25) is 0 Å². The molecule has 0 radical (unpaired) electrons. The lowest BCUT2D eigenvalue weighted by atomic mass is 10.5. The highest BCUT2D eigenvalue weighted by Crippen LogP contribution is 2.34. The summed E-state index contributed by atoms with van der Waals surface area (Å²) in [5.74, 6) is 0. The molecular formula is C5H4Cl2O4S2. The fourth-order valence-corrected chi connectivity index (χ4v) is 3.13. The maximum atomic E-state index is 10.8. The highest BCUT2D eigenvalue weighted by molar-refractivity contribution is 8.17. The topological polar surface area (TPSA) is 71.4 Å². The molecule has 0 heterocycles. The number of halogens is 2. The van der Waals surface area contributed by atoms with Gasteiger partial charge in [-0.2, -0.15) is 0 Å². The van der Waals surface area contributed by atoms with E-state index in [1.165, 1.54) is 0 Å². The molecule has 0 saturated carbocycles. The van der Waals surface area contributed by atoms with E-state index in [4.69, 9.17) is 26.8 Å². The van der Waals surface area contributed by atoms with Crippen LogP contribution in [0.1, 0.15) is 6.42 Å².